The van der Waals surface area contributed by atoms with Crippen LogP contribution in [0.3, 0.4) is 0 Å². The molecule has 2 heterocycles. The minimum absolute atomic E-state index is 0.0943. The van der Waals surface area contributed by atoms with E-state index in [-0.39, 0.29) is 6.42 Å². The number of H-pyrrole nitrogens is 1. The summed E-state index contributed by atoms with van der Waals surface area (Å²) in [5, 5.41) is 11.4. The van der Waals surface area contributed by atoms with Crippen molar-refractivity contribution in [3.05, 3.63) is 33.4 Å². The maximum Gasteiger partial charge on any atom is 0.306 e. The van der Waals surface area contributed by atoms with Gasteiger partial charge in [0.05, 0.1) is 34.3 Å². The summed E-state index contributed by atoms with van der Waals surface area (Å²) in [4.78, 5) is 14.6. The molecule has 0 bridgehead atoms. The maximum absolute atomic E-state index is 11.4. The molecule has 0 spiro atoms. The summed E-state index contributed by atoms with van der Waals surface area (Å²) in [7, 11) is 0. The SMILES string of the molecule is CSCC1(CC(=O)O)OCCc2c1[nH]c1c(Cl)ccc(Cl)c21. The molecule has 1 aromatic heterocycles. The van der Waals surface area contributed by atoms with Crippen LogP contribution in [0.15, 0.2) is 12.1 Å². The highest BCUT2D eigenvalue weighted by Crippen LogP contribution is 2.44. The molecule has 1 unspecified atom stereocenters. The lowest BCUT2D eigenvalue weighted by Gasteiger charge is -2.36. The summed E-state index contributed by atoms with van der Waals surface area (Å²) in [6.45, 7) is 0.469. The van der Waals surface area contributed by atoms with Crippen molar-refractivity contribution in [2.24, 2.45) is 0 Å². The Morgan fingerprint density at radius 1 is 1.45 bits per heavy atom. The Hall–Kier alpha value is -0.880. The summed E-state index contributed by atoms with van der Waals surface area (Å²) in [5.41, 5.74) is 1.69. The van der Waals surface area contributed by atoms with Crippen LogP contribution in [-0.4, -0.2) is 34.7 Å². The van der Waals surface area contributed by atoms with Crippen molar-refractivity contribution < 1.29 is 14.6 Å². The van der Waals surface area contributed by atoms with Crippen molar-refractivity contribution in [1.82, 2.24) is 4.98 Å². The molecule has 118 valence electrons. The van der Waals surface area contributed by atoms with E-state index in [9.17, 15) is 9.90 Å². The first kappa shape index (κ1) is 16.0. The molecule has 4 nitrogen and oxygen atoms in total. The van der Waals surface area contributed by atoms with Gasteiger partial charge in [-0.15, -0.1) is 0 Å². The van der Waals surface area contributed by atoms with Gasteiger partial charge in [-0.2, -0.15) is 11.8 Å². The summed E-state index contributed by atoms with van der Waals surface area (Å²) in [6, 6.07) is 3.51. The fourth-order valence-electron chi connectivity index (χ4n) is 3.14. The molecule has 0 saturated heterocycles. The molecule has 7 heteroatoms. The monoisotopic (exact) mass is 359 g/mol. The number of halogens is 2. The van der Waals surface area contributed by atoms with E-state index in [4.69, 9.17) is 27.9 Å². The number of nitrogens with one attached hydrogen (secondary N) is 1. The number of carboxylic acids is 1. The number of carbonyl (C=O) groups is 1. The quantitative estimate of drug-likeness (QED) is 0.863. The number of hydrogen-bond donors (Lipinski definition) is 2. The Morgan fingerprint density at radius 2 is 2.18 bits per heavy atom. The number of ether oxygens (including phenoxy) is 1. The Bertz CT molecular complexity index is 746. The van der Waals surface area contributed by atoms with E-state index < -0.39 is 11.6 Å². The number of thioether (sulfide) groups is 1. The number of benzene rings is 1. The molecule has 2 aromatic rings. The van der Waals surface area contributed by atoms with Crippen LogP contribution in [-0.2, 0) is 21.6 Å². The fraction of sp³-hybridized carbons (Fsp3) is 0.400. The second-order valence-corrected chi connectivity index (χ2v) is 7.03. The molecule has 1 aliphatic heterocycles. The van der Waals surface area contributed by atoms with Crippen LogP contribution in [0.1, 0.15) is 17.7 Å². The lowest BCUT2D eigenvalue weighted by Crippen LogP contribution is -2.40. The van der Waals surface area contributed by atoms with E-state index in [1.54, 1.807) is 23.9 Å². The predicted octanol–water partition coefficient (Wildman–Crippen LogP) is 4.08. The highest BCUT2D eigenvalue weighted by molar-refractivity contribution is 7.98. The van der Waals surface area contributed by atoms with Crippen LogP contribution in [0.5, 0.6) is 0 Å². The summed E-state index contributed by atoms with van der Waals surface area (Å²) >= 11 is 14.2. The largest absolute Gasteiger partial charge is 0.481 e. The first-order chi connectivity index (χ1) is 10.5. The normalized spacial score (nSPS) is 21.0. The third-order valence-corrected chi connectivity index (χ3v) is 5.34. The number of aromatic amines is 1. The van der Waals surface area contributed by atoms with Crippen LogP contribution >= 0.6 is 35.0 Å². The lowest BCUT2D eigenvalue weighted by atomic mass is 9.90. The van der Waals surface area contributed by atoms with Crippen molar-refractivity contribution in [3.8, 4) is 0 Å². The zero-order valence-corrected chi connectivity index (χ0v) is 14.2. The lowest BCUT2D eigenvalue weighted by molar-refractivity contribution is -0.146. The van der Waals surface area contributed by atoms with Crippen LogP contribution in [0.2, 0.25) is 10.0 Å². The molecule has 22 heavy (non-hydrogen) atoms. The van der Waals surface area contributed by atoms with Gasteiger partial charge in [-0.05, 0) is 30.4 Å². The van der Waals surface area contributed by atoms with Gasteiger partial charge in [0.1, 0.15) is 5.60 Å². The molecule has 0 fully saturated rings. The molecule has 0 aliphatic carbocycles. The summed E-state index contributed by atoms with van der Waals surface area (Å²) < 4.78 is 5.93. The smallest absolute Gasteiger partial charge is 0.306 e. The molecule has 2 N–H and O–H groups in total. The number of carboxylic acid groups (broad SMARTS) is 1. The van der Waals surface area contributed by atoms with Gasteiger partial charge in [-0.25, -0.2) is 0 Å². The van der Waals surface area contributed by atoms with Crippen LogP contribution < -0.4 is 0 Å². The van der Waals surface area contributed by atoms with Crippen molar-refractivity contribution >= 4 is 51.8 Å². The fourth-order valence-corrected chi connectivity index (χ4v) is 4.41. The van der Waals surface area contributed by atoms with Crippen LogP contribution in [0.4, 0.5) is 0 Å². The molecule has 0 saturated carbocycles. The molecule has 3 rings (SSSR count). The second-order valence-electron chi connectivity index (χ2n) is 5.35. The average Bonchev–Trinajstić information content (AvgIpc) is 2.85. The highest BCUT2D eigenvalue weighted by atomic mass is 35.5. The average molecular weight is 360 g/mol. The minimum Gasteiger partial charge on any atom is -0.481 e. The minimum atomic E-state index is -0.891. The third-order valence-electron chi connectivity index (χ3n) is 3.96. The zero-order valence-electron chi connectivity index (χ0n) is 11.9. The highest BCUT2D eigenvalue weighted by Gasteiger charge is 2.42. The van der Waals surface area contributed by atoms with Gasteiger partial charge in [0.2, 0.25) is 0 Å². The van der Waals surface area contributed by atoms with Gasteiger partial charge >= 0.3 is 5.97 Å². The van der Waals surface area contributed by atoms with Crippen LogP contribution in [0.25, 0.3) is 10.9 Å². The van der Waals surface area contributed by atoms with E-state index in [2.05, 4.69) is 4.98 Å². The van der Waals surface area contributed by atoms with Crippen molar-refractivity contribution in [2.45, 2.75) is 18.4 Å². The van der Waals surface area contributed by atoms with Gasteiger partial charge in [0, 0.05) is 11.1 Å². The number of hydrogen-bond acceptors (Lipinski definition) is 3. The van der Waals surface area contributed by atoms with Gasteiger partial charge in [0.15, 0.2) is 0 Å². The topological polar surface area (TPSA) is 62.3 Å². The Kier molecular flexibility index (Phi) is 4.34. The standard InChI is InChI=1S/C15H15Cl2NO3S/c1-22-7-15(6-11(19)20)14-8(4-5-21-15)12-9(16)2-3-10(17)13(12)18-14/h2-3,18H,4-7H2,1H3,(H,19,20). The predicted molar refractivity (Wildman–Crippen MR) is 90.3 cm³/mol. The molecule has 0 radical (unpaired) electrons. The number of aromatic nitrogens is 1. The molecular formula is C15H15Cl2NO3S. The molecule has 0 amide bonds. The summed E-state index contributed by atoms with van der Waals surface area (Å²) in [6.07, 6.45) is 2.53. The second kappa shape index (κ2) is 5.96. The van der Waals surface area contributed by atoms with Gasteiger partial charge in [-0.3, -0.25) is 4.79 Å². The van der Waals surface area contributed by atoms with E-state index >= 15 is 0 Å². The first-order valence-corrected chi connectivity index (χ1v) is 8.97. The van der Waals surface area contributed by atoms with Crippen LogP contribution in [0, 0.1) is 0 Å². The molecule has 1 aromatic carbocycles. The molecule has 1 atom stereocenters. The van der Waals surface area contributed by atoms with E-state index in [0.29, 0.717) is 28.8 Å². The third kappa shape index (κ3) is 2.50. The van der Waals surface area contributed by atoms with E-state index in [1.807, 2.05) is 6.26 Å². The van der Waals surface area contributed by atoms with Gasteiger partial charge < -0.3 is 14.8 Å². The number of rotatable bonds is 4. The zero-order chi connectivity index (χ0) is 15.9. The summed E-state index contributed by atoms with van der Waals surface area (Å²) in [5.74, 6) is -0.341. The Labute approximate surface area is 142 Å². The molecular weight excluding hydrogens is 345 g/mol. The molecule has 1 aliphatic rings. The first-order valence-electron chi connectivity index (χ1n) is 6.82. The van der Waals surface area contributed by atoms with Crippen molar-refractivity contribution in [3.63, 3.8) is 0 Å². The van der Waals surface area contributed by atoms with Gasteiger partial charge in [0.25, 0.3) is 0 Å². The van der Waals surface area contributed by atoms with E-state index in [1.165, 1.54) is 0 Å². The Balaban J connectivity index is 2.27. The van der Waals surface area contributed by atoms with Crippen molar-refractivity contribution in [1.29, 1.82) is 0 Å². The maximum atomic E-state index is 11.4. The van der Waals surface area contributed by atoms with Crippen molar-refractivity contribution in [2.75, 3.05) is 18.6 Å². The number of aliphatic carboxylic acids is 1. The van der Waals surface area contributed by atoms with E-state index in [0.717, 1.165) is 22.2 Å². The number of fused-ring (bicyclic) bond motifs is 3. The Morgan fingerprint density at radius 3 is 2.86 bits per heavy atom. The van der Waals surface area contributed by atoms with Gasteiger partial charge in [-0.1, -0.05) is 23.2 Å².